The number of esters is 1. The molecular formula is C24H30N2O5. The molecule has 0 saturated heterocycles. The predicted molar refractivity (Wildman–Crippen MR) is 119 cm³/mol. The Morgan fingerprint density at radius 1 is 0.903 bits per heavy atom. The minimum absolute atomic E-state index is 0.0284. The molecule has 166 valence electrons. The fourth-order valence-corrected chi connectivity index (χ4v) is 2.69. The van der Waals surface area contributed by atoms with Crippen LogP contribution in [0.4, 0.5) is 5.69 Å². The van der Waals surface area contributed by atoms with Gasteiger partial charge in [0.15, 0.2) is 13.2 Å². The molecule has 0 aliphatic heterocycles. The maximum atomic E-state index is 12.0. The van der Waals surface area contributed by atoms with Crippen LogP contribution in [-0.2, 0) is 24.5 Å². The second-order valence-electron chi connectivity index (χ2n) is 8.30. The summed E-state index contributed by atoms with van der Waals surface area (Å²) in [5.41, 5.74) is 3.89. The summed E-state index contributed by atoms with van der Waals surface area (Å²) in [4.78, 5) is 35.6. The van der Waals surface area contributed by atoms with Crippen LogP contribution in [0.5, 0.6) is 5.75 Å². The molecule has 7 nitrogen and oxygen atoms in total. The molecule has 0 aromatic heterocycles. The lowest BCUT2D eigenvalue weighted by molar-refractivity contribution is -0.150. The van der Waals surface area contributed by atoms with E-state index in [1.807, 2.05) is 38.1 Å². The molecule has 31 heavy (non-hydrogen) atoms. The van der Waals surface area contributed by atoms with Crippen LogP contribution in [-0.4, -0.2) is 37.5 Å². The normalized spacial score (nSPS) is 10.9. The third-order valence-corrected chi connectivity index (χ3v) is 4.77. The molecule has 0 heterocycles. The van der Waals surface area contributed by atoms with E-state index in [0.29, 0.717) is 11.4 Å². The Morgan fingerprint density at radius 3 is 2.23 bits per heavy atom. The average Bonchev–Trinajstić information content (AvgIpc) is 2.72. The van der Waals surface area contributed by atoms with Gasteiger partial charge in [-0.3, -0.25) is 9.59 Å². The second-order valence-corrected chi connectivity index (χ2v) is 8.30. The number of benzene rings is 2. The third-order valence-electron chi connectivity index (χ3n) is 4.77. The number of hydrogen-bond acceptors (Lipinski definition) is 5. The summed E-state index contributed by atoms with van der Waals surface area (Å²) in [6.45, 7) is 9.17. The largest absolute Gasteiger partial charge is 0.482 e. The van der Waals surface area contributed by atoms with E-state index < -0.39 is 18.5 Å². The summed E-state index contributed by atoms with van der Waals surface area (Å²) in [5, 5.41) is 5.16. The molecule has 2 aromatic carbocycles. The van der Waals surface area contributed by atoms with E-state index in [0.717, 1.165) is 16.7 Å². The minimum Gasteiger partial charge on any atom is -0.482 e. The highest BCUT2D eigenvalue weighted by Crippen LogP contribution is 2.24. The van der Waals surface area contributed by atoms with Crippen molar-refractivity contribution in [3.05, 3.63) is 59.2 Å². The number of ether oxygens (including phenoxy) is 2. The van der Waals surface area contributed by atoms with Crippen molar-refractivity contribution in [1.82, 2.24) is 5.32 Å². The summed E-state index contributed by atoms with van der Waals surface area (Å²) < 4.78 is 10.3. The van der Waals surface area contributed by atoms with Gasteiger partial charge in [-0.25, -0.2) is 4.79 Å². The summed E-state index contributed by atoms with van der Waals surface area (Å²) in [6.07, 6.45) is 0. The summed E-state index contributed by atoms with van der Waals surface area (Å²) in [6, 6.07) is 13.0. The molecule has 0 aliphatic rings. The van der Waals surface area contributed by atoms with Gasteiger partial charge in [-0.15, -0.1) is 0 Å². The zero-order chi connectivity index (χ0) is 23.0. The molecule has 0 saturated carbocycles. The van der Waals surface area contributed by atoms with Gasteiger partial charge in [0, 0.05) is 5.69 Å². The fraction of sp³-hybridized carbons (Fsp3) is 0.375. The summed E-state index contributed by atoms with van der Waals surface area (Å²) in [5.74, 6) is -1.07. The number of hydrogen-bond donors (Lipinski definition) is 2. The van der Waals surface area contributed by atoms with Gasteiger partial charge in [0.1, 0.15) is 5.75 Å². The van der Waals surface area contributed by atoms with Crippen molar-refractivity contribution in [2.24, 2.45) is 0 Å². The van der Waals surface area contributed by atoms with Gasteiger partial charge in [0.05, 0.1) is 6.54 Å². The molecule has 0 unspecified atom stereocenters. The second kappa shape index (κ2) is 10.6. The fourth-order valence-electron chi connectivity index (χ4n) is 2.69. The van der Waals surface area contributed by atoms with E-state index >= 15 is 0 Å². The summed E-state index contributed by atoms with van der Waals surface area (Å²) >= 11 is 0. The highest BCUT2D eigenvalue weighted by molar-refractivity contribution is 5.95. The Balaban J connectivity index is 1.68. The lowest BCUT2D eigenvalue weighted by atomic mass is 9.87. The Labute approximate surface area is 183 Å². The predicted octanol–water partition coefficient (Wildman–Crippen LogP) is 3.28. The molecule has 2 aromatic rings. The number of carbonyl (C=O) groups is 3. The topological polar surface area (TPSA) is 93.7 Å². The number of rotatable bonds is 8. The first-order valence-electron chi connectivity index (χ1n) is 10.1. The van der Waals surface area contributed by atoms with Gasteiger partial charge in [0.25, 0.3) is 5.91 Å². The highest BCUT2D eigenvalue weighted by atomic mass is 16.6. The molecule has 0 aliphatic carbocycles. The maximum Gasteiger partial charge on any atom is 0.344 e. The molecule has 0 atom stereocenters. The van der Waals surface area contributed by atoms with E-state index in [1.54, 1.807) is 18.2 Å². The zero-order valence-corrected chi connectivity index (χ0v) is 18.7. The monoisotopic (exact) mass is 426 g/mol. The number of anilines is 1. The Hall–Kier alpha value is -3.35. The Morgan fingerprint density at radius 2 is 1.58 bits per heavy atom. The smallest absolute Gasteiger partial charge is 0.344 e. The van der Waals surface area contributed by atoms with Gasteiger partial charge in [-0.1, -0.05) is 45.0 Å². The molecule has 2 N–H and O–H groups in total. The van der Waals surface area contributed by atoms with Crippen molar-refractivity contribution < 1.29 is 23.9 Å². The van der Waals surface area contributed by atoms with Crippen LogP contribution in [0.2, 0.25) is 0 Å². The van der Waals surface area contributed by atoms with E-state index in [1.165, 1.54) is 0 Å². The first-order chi connectivity index (χ1) is 14.6. The van der Waals surface area contributed by atoms with Gasteiger partial charge in [-0.05, 0) is 54.2 Å². The maximum absolute atomic E-state index is 12.0. The van der Waals surface area contributed by atoms with E-state index in [2.05, 4.69) is 31.4 Å². The standard InChI is InChI=1S/C24H30N2O5/c1-16-7-6-8-20(17(16)2)26-21(27)13-25-22(28)14-31-23(29)15-30-19-11-9-18(10-12-19)24(3,4)5/h6-12H,13-15H2,1-5H3,(H,25,28)(H,26,27). The van der Waals surface area contributed by atoms with Crippen molar-refractivity contribution in [3.63, 3.8) is 0 Å². The number of aryl methyl sites for hydroxylation is 1. The van der Waals surface area contributed by atoms with Crippen LogP contribution in [0.3, 0.4) is 0 Å². The molecule has 0 radical (unpaired) electrons. The molecule has 7 heteroatoms. The van der Waals surface area contributed by atoms with Crippen molar-refractivity contribution in [2.75, 3.05) is 25.1 Å². The van der Waals surface area contributed by atoms with Crippen LogP contribution < -0.4 is 15.4 Å². The zero-order valence-electron chi connectivity index (χ0n) is 18.7. The molecule has 2 rings (SSSR count). The average molecular weight is 427 g/mol. The molecule has 2 amide bonds. The van der Waals surface area contributed by atoms with Crippen molar-refractivity contribution in [1.29, 1.82) is 0 Å². The SMILES string of the molecule is Cc1cccc(NC(=O)CNC(=O)COC(=O)COc2ccc(C(C)(C)C)cc2)c1C. The quantitative estimate of drug-likeness (QED) is 0.632. The van der Waals surface area contributed by atoms with Gasteiger partial charge < -0.3 is 20.1 Å². The first kappa shape index (κ1) is 23.9. The first-order valence-corrected chi connectivity index (χ1v) is 10.1. The Bertz CT molecular complexity index is 930. The van der Waals surface area contributed by atoms with E-state index in [9.17, 15) is 14.4 Å². The molecule has 0 fully saturated rings. The summed E-state index contributed by atoms with van der Waals surface area (Å²) in [7, 11) is 0. The minimum atomic E-state index is -0.671. The number of amides is 2. The highest BCUT2D eigenvalue weighted by Gasteiger charge is 2.14. The lowest BCUT2D eigenvalue weighted by Gasteiger charge is -2.19. The van der Waals surface area contributed by atoms with Gasteiger partial charge >= 0.3 is 5.97 Å². The lowest BCUT2D eigenvalue weighted by Crippen LogP contribution is -2.36. The van der Waals surface area contributed by atoms with E-state index in [4.69, 9.17) is 9.47 Å². The van der Waals surface area contributed by atoms with Crippen LogP contribution in [0.25, 0.3) is 0 Å². The molecular weight excluding hydrogens is 396 g/mol. The van der Waals surface area contributed by atoms with Crippen molar-refractivity contribution in [2.45, 2.75) is 40.0 Å². The Kier molecular flexibility index (Phi) is 8.19. The van der Waals surface area contributed by atoms with Gasteiger partial charge in [-0.2, -0.15) is 0 Å². The van der Waals surface area contributed by atoms with Gasteiger partial charge in [0.2, 0.25) is 5.91 Å². The van der Waals surface area contributed by atoms with Crippen LogP contribution in [0.15, 0.2) is 42.5 Å². The molecule has 0 bridgehead atoms. The van der Waals surface area contributed by atoms with Crippen molar-refractivity contribution >= 4 is 23.5 Å². The molecule has 0 spiro atoms. The number of carbonyl (C=O) groups excluding carboxylic acids is 3. The third kappa shape index (κ3) is 7.77. The van der Waals surface area contributed by atoms with Crippen LogP contribution in [0.1, 0.15) is 37.5 Å². The van der Waals surface area contributed by atoms with Crippen LogP contribution in [0, 0.1) is 13.8 Å². The number of nitrogens with one attached hydrogen (secondary N) is 2. The van der Waals surface area contributed by atoms with Crippen LogP contribution >= 0.6 is 0 Å². The van der Waals surface area contributed by atoms with Crippen molar-refractivity contribution in [3.8, 4) is 5.75 Å². The van der Waals surface area contributed by atoms with E-state index in [-0.39, 0.29) is 24.5 Å².